The van der Waals surface area contributed by atoms with Gasteiger partial charge in [0.1, 0.15) is 5.82 Å². The van der Waals surface area contributed by atoms with Crippen LogP contribution in [-0.4, -0.2) is 28.5 Å². The Kier molecular flexibility index (Phi) is 4.87. The minimum atomic E-state index is 0.882. The summed E-state index contributed by atoms with van der Waals surface area (Å²) in [5, 5.41) is 3.30. The van der Waals surface area contributed by atoms with E-state index in [-0.39, 0.29) is 0 Å². The van der Waals surface area contributed by atoms with Gasteiger partial charge in [-0.2, -0.15) is 0 Å². The number of nitrogens with one attached hydrogen (secondary N) is 1. The molecular weight excluding hydrogens is 256 g/mol. The monoisotopic (exact) mass is 276 g/mol. The van der Waals surface area contributed by atoms with Gasteiger partial charge in [0.2, 0.25) is 0 Å². The van der Waals surface area contributed by atoms with Crippen LogP contribution in [0.4, 0.5) is 5.82 Å². The lowest BCUT2D eigenvalue weighted by molar-refractivity contribution is 0.321. The molecule has 2 heterocycles. The second-order valence-electron chi connectivity index (χ2n) is 4.57. The second-order valence-corrected chi connectivity index (χ2v) is 5.51. The molecule has 4 nitrogen and oxygen atoms in total. The van der Waals surface area contributed by atoms with Gasteiger partial charge in [0, 0.05) is 36.3 Å². The van der Waals surface area contributed by atoms with E-state index in [4.69, 9.17) is 0 Å². The van der Waals surface area contributed by atoms with Gasteiger partial charge < -0.3 is 5.32 Å². The van der Waals surface area contributed by atoms with E-state index in [2.05, 4.69) is 47.1 Å². The summed E-state index contributed by atoms with van der Waals surface area (Å²) in [7, 11) is 2.13. The second kappa shape index (κ2) is 6.63. The number of aryl methyl sites for hydroxylation is 1. The SMILES string of the molecule is CCNc1ncccc1CN(C)Cc1scnc1C. The zero-order valence-corrected chi connectivity index (χ0v) is 12.5. The Morgan fingerprint density at radius 3 is 2.84 bits per heavy atom. The van der Waals surface area contributed by atoms with Crippen molar-refractivity contribution >= 4 is 17.2 Å². The van der Waals surface area contributed by atoms with Gasteiger partial charge in [0.15, 0.2) is 0 Å². The van der Waals surface area contributed by atoms with Crippen molar-refractivity contribution in [2.75, 3.05) is 18.9 Å². The molecule has 0 aliphatic heterocycles. The fourth-order valence-corrected chi connectivity index (χ4v) is 2.82. The summed E-state index contributed by atoms with van der Waals surface area (Å²) in [5.41, 5.74) is 4.27. The minimum Gasteiger partial charge on any atom is -0.370 e. The normalized spacial score (nSPS) is 10.9. The minimum absolute atomic E-state index is 0.882. The Bertz CT molecular complexity index is 524. The summed E-state index contributed by atoms with van der Waals surface area (Å²) >= 11 is 1.72. The predicted octanol–water partition coefficient (Wildman–Crippen LogP) is 2.91. The molecule has 5 heteroatoms. The number of hydrogen-bond acceptors (Lipinski definition) is 5. The van der Waals surface area contributed by atoms with E-state index in [1.165, 1.54) is 10.4 Å². The summed E-state index contributed by atoms with van der Waals surface area (Å²) < 4.78 is 0. The maximum Gasteiger partial charge on any atom is 0.130 e. The van der Waals surface area contributed by atoms with Crippen molar-refractivity contribution in [3.05, 3.63) is 40.0 Å². The number of hydrogen-bond donors (Lipinski definition) is 1. The smallest absolute Gasteiger partial charge is 0.130 e. The predicted molar refractivity (Wildman–Crippen MR) is 80.4 cm³/mol. The first-order valence-corrected chi connectivity index (χ1v) is 7.34. The van der Waals surface area contributed by atoms with Gasteiger partial charge in [-0.05, 0) is 27.0 Å². The van der Waals surface area contributed by atoms with E-state index in [0.717, 1.165) is 31.1 Å². The van der Waals surface area contributed by atoms with E-state index in [9.17, 15) is 0 Å². The molecule has 0 unspecified atom stereocenters. The van der Waals surface area contributed by atoms with Crippen LogP contribution in [0.5, 0.6) is 0 Å². The van der Waals surface area contributed by atoms with Crippen LogP contribution in [-0.2, 0) is 13.1 Å². The fraction of sp³-hybridized carbons (Fsp3) is 0.429. The lowest BCUT2D eigenvalue weighted by Crippen LogP contribution is -2.18. The fourth-order valence-electron chi connectivity index (χ4n) is 1.96. The third-order valence-electron chi connectivity index (χ3n) is 2.93. The van der Waals surface area contributed by atoms with Crippen LogP contribution in [0.25, 0.3) is 0 Å². The molecule has 0 amide bonds. The van der Waals surface area contributed by atoms with E-state index >= 15 is 0 Å². The maximum absolute atomic E-state index is 4.39. The molecular formula is C14H20N4S. The molecule has 0 radical (unpaired) electrons. The van der Waals surface area contributed by atoms with Crippen LogP contribution < -0.4 is 5.32 Å². The first kappa shape index (κ1) is 14.0. The summed E-state index contributed by atoms with van der Waals surface area (Å²) in [4.78, 5) is 12.3. The van der Waals surface area contributed by atoms with Crippen LogP contribution >= 0.6 is 11.3 Å². The molecule has 2 aromatic heterocycles. The molecule has 0 aliphatic rings. The third kappa shape index (κ3) is 3.75. The Balaban J connectivity index is 2.02. The third-order valence-corrected chi connectivity index (χ3v) is 3.85. The molecule has 1 N–H and O–H groups in total. The topological polar surface area (TPSA) is 41.1 Å². The number of pyridine rings is 1. The average Bonchev–Trinajstić information content (AvgIpc) is 2.78. The van der Waals surface area contributed by atoms with Gasteiger partial charge in [0.05, 0.1) is 11.2 Å². The lowest BCUT2D eigenvalue weighted by Gasteiger charge is -2.18. The highest BCUT2D eigenvalue weighted by Gasteiger charge is 2.09. The summed E-state index contributed by atoms with van der Waals surface area (Å²) in [5.74, 6) is 0.984. The van der Waals surface area contributed by atoms with E-state index in [0.29, 0.717) is 0 Å². The van der Waals surface area contributed by atoms with Crippen molar-refractivity contribution < 1.29 is 0 Å². The van der Waals surface area contributed by atoms with Crippen LogP contribution in [0.1, 0.15) is 23.1 Å². The van der Waals surface area contributed by atoms with Crippen molar-refractivity contribution in [1.82, 2.24) is 14.9 Å². The van der Waals surface area contributed by atoms with Crippen LogP contribution in [0.2, 0.25) is 0 Å². The van der Waals surface area contributed by atoms with E-state index in [1.807, 2.05) is 17.8 Å². The van der Waals surface area contributed by atoms with E-state index < -0.39 is 0 Å². The zero-order chi connectivity index (χ0) is 13.7. The first-order chi connectivity index (χ1) is 9.20. The van der Waals surface area contributed by atoms with Crippen molar-refractivity contribution in [2.24, 2.45) is 0 Å². The zero-order valence-electron chi connectivity index (χ0n) is 11.7. The highest BCUT2D eigenvalue weighted by atomic mass is 32.1. The Morgan fingerprint density at radius 1 is 1.32 bits per heavy atom. The first-order valence-electron chi connectivity index (χ1n) is 6.46. The number of anilines is 1. The molecule has 19 heavy (non-hydrogen) atoms. The van der Waals surface area contributed by atoms with Gasteiger partial charge in [-0.1, -0.05) is 6.07 Å². The van der Waals surface area contributed by atoms with Gasteiger partial charge in [-0.25, -0.2) is 9.97 Å². The Hall–Kier alpha value is -1.46. The summed E-state index contributed by atoms with van der Waals surface area (Å²) in [6.45, 7) is 6.85. The van der Waals surface area contributed by atoms with Crippen molar-refractivity contribution in [2.45, 2.75) is 26.9 Å². The molecule has 0 spiro atoms. The number of thiazole rings is 1. The van der Waals surface area contributed by atoms with Gasteiger partial charge in [0.25, 0.3) is 0 Å². The molecule has 0 aliphatic carbocycles. The molecule has 102 valence electrons. The van der Waals surface area contributed by atoms with Crippen molar-refractivity contribution in [1.29, 1.82) is 0 Å². The largest absolute Gasteiger partial charge is 0.370 e. The van der Waals surface area contributed by atoms with Gasteiger partial charge in [-0.15, -0.1) is 11.3 Å². The van der Waals surface area contributed by atoms with Gasteiger partial charge in [-0.3, -0.25) is 4.90 Å². The van der Waals surface area contributed by atoms with Crippen LogP contribution in [0, 0.1) is 6.92 Å². The van der Waals surface area contributed by atoms with Crippen LogP contribution in [0.15, 0.2) is 23.8 Å². The Labute approximate surface area is 118 Å². The number of aromatic nitrogens is 2. The lowest BCUT2D eigenvalue weighted by atomic mass is 10.2. The van der Waals surface area contributed by atoms with Crippen molar-refractivity contribution in [3.8, 4) is 0 Å². The molecule has 2 aromatic rings. The highest BCUT2D eigenvalue weighted by molar-refractivity contribution is 7.09. The van der Waals surface area contributed by atoms with E-state index in [1.54, 1.807) is 11.3 Å². The molecule has 0 saturated heterocycles. The van der Waals surface area contributed by atoms with Crippen LogP contribution in [0.3, 0.4) is 0 Å². The molecule has 0 bridgehead atoms. The van der Waals surface area contributed by atoms with Crippen molar-refractivity contribution in [3.63, 3.8) is 0 Å². The molecule has 0 aromatic carbocycles. The number of rotatable bonds is 6. The maximum atomic E-state index is 4.39. The molecule has 0 fully saturated rings. The molecule has 0 atom stereocenters. The molecule has 0 saturated carbocycles. The number of nitrogens with zero attached hydrogens (tertiary/aromatic N) is 3. The quantitative estimate of drug-likeness (QED) is 0.881. The summed E-state index contributed by atoms with van der Waals surface area (Å²) in [6.07, 6.45) is 1.83. The molecule has 2 rings (SSSR count). The standard InChI is InChI=1S/C14H20N4S/c1-4-15-14-12(6-5-7-16-14)8-18(3)9-13-11(2)17-10-19-13/h5-7,10H,4,8-9H2,1-3H3,(H,15,16). The Morgan fingerprint density at radius 2 is 2.16 bits per heavy atom. The average molecular weight is 276 g/mol. The van der Waals surface area contributed by atoms with Gasteiger partial charge >= 0.3 is 0 Å². The highest BCUT2D eigenvalue weighted by Crippen LogP contribution is 2.18. The summed E-state index contributed by atoms with van der Waals surface area (Å²) in [6, 6.07) is 4.11.